The minimum Gasteiger partial charge on any atom is -0.461 e. The largest absolute Gasteiger partial charge is 0.461 e. The molecule has 1 atom stereocenters. The smallest absolute Gasteiger partial charge is 0.256 e. The number of hydrogen-bond donors (Lipinski definition) is 1. The number of nitrogen functional groups attached to an aromatic ring is 1. The fraction of sp³-hybridized carbons (Fsp3) is 0.400. The van der Waals surface area contributed by atoms with Crippen molar-refractivity contribution in [2.45, 2.75) is 32.4 Å². The van der Waals surface area contributed by atoms with Crippen LogP contribution in [0.4, 0.5) is 11.6 Å². The summed E-state index contributed by atoms with van der Waals surface area (Å²) in [5.74, 6) is 3.58. The van der Waals surface area contributed by atoms with Crippen molar-refractivity contribution >= 4 is 17.4 Å². The average Bonchev–Trinajstić information content (AvgIpc) is 3.49. The van der Waals surface area contributed by atoms with Crippen LogP contribution in [0.3, 0.4) is 0 Å². The van der Waals surface area contributed by atoms with E-state index in [4.69, 9.17) is 14.7 Å². The minimum atomic E-state index is 0.405. The molecule has 1 fully saturated rings. The van der Waals surface area contributed by atoms with Gasteiger partial charge >= 0.3 is 0 Å². The van der Waals surface area contributed by atoms with E-state index in [1.54, 1.807) is 12.3 Å². The molecule has 1 aliphatic heterocycles. The Bertz CT molecular complexity index is 1150. The Balaban J connectivity index is 1.34. The van der Waals surface area contributed by atoms with E-state index in [1.165, 1.54) is 10.9 Å². The quantitative estimate of drug-likeness (QED) is 0.513. The number of aryl methyl sites for hydroxylation is 1. The molecule has 10 heteroatoms. The highest BCUT2D eigenvalue weighted by molar-refractivity contribution is 5.57. The molecule has 0 bridgehead atoms. The lowest BCUT2D eigenvalue weighted by Crippen LogP contribution is -2.39. The van der Waals surface area contributed by atoms with Crippen molar-refractivity contribution in [3.8, 4) is 11.6 Å². The van der Waals surface area contributed by atoms with Crippen LogP contribution >= 0.6 is 0 Å². The first-order valence-electron chi connectivity index (χ1n) is 10.0. The van der Waals surface area contributed by atoms with Crippen LogP contribution in [0.15, 0.2) is 39.5 Å². The first-order valence-corrected chi connectivity index (χ1v) is 10.0. The lowest BCUT2D eigenvalue weighted by atomic mass is 10.2. The number of nitrogens with two attached hydrogens (primary N) is 1. The van der Waals surface area contributed by atoms with Crippen LogP contribution < -0.4 is 10.6 Å². The van der Waals surface area contributed by atoms with Gasteiger partial charge in [0.2, 0.25) is 5.82 Å². The van der Waals surface area contributed by atoms with Gasteiger partial charge in [-0.15, -0.1) is 5.10 Å². The van der Waals surface area contributed by atoms with Gasteiger partial charge in [0.1, 0.15) is 17.4 Å². The summed E-state index contributed by atoms with van der Waals surface area (Å²) >= 11 is 0. The number of hydrogen-bond acceptors (Lipinski definition) is 9. The summed E-state index contributed by atoms with van der Waals surface area (Å²) in [6.07, 6.45) is 3.89. The van der Waals surface area contributed by atoms with Crippen LogP contribution in [0.5, 0.6) is 0 Å². The molecule has 10 nitrogen and oxygen atoms in total. The highest BCUT2D eigenvalue weighted by Crippen LogP contribution is 2.24. The summed E-state index contributed by atoms with van der Waals surface area (Å²) in [6, 6.07) is 7.83. The monoisotopic (exact) mass is 408 g/mol. The van der Waals surface area contributed by atoms with E-state index in [0.717, 1.165) is 43.3 Å². The molecule has 0 radical (unpaired) electrons. The molecule has 5 rings (SSSR count). The zero-order valence-corrected chi connectivity index (χ0v) is 17.0. The highest BCUT2D eigenvalue weighted by atomic mass is 16.5. The fourth-order valence-electron chi connectivity index (χ4n) is 4.00. The van der Waals surface area contributed by atoms with Gasteiger partial charge < -0.3 is 19.6 Å². The Morgan fingerprint density at radius 3 is 2.97 bits per heavy atom. The van der Waals surface area contributed by atoms with E-state index >= 15 is 0 Å². The van der Waals surface area contributed by atoms with Crippen molar-refractivity contribution in [1.29, 1.82) is 0 Å². The van der Waals surface area contributed by atoms with Crippen molar-refractivity contribution in [1.82, 2.24) is 29.6 Å². The average molecular weight is 408 g/mol. The molecule has 30 heavy (non-hydrogen) atoms. The third kappa shape index (κ3) is 3.50. The summed E-state index contributed by atoms with van der Waals surface area (Å²) in [7, 11) is 2.03. The van der Waals surface area contributed by atoms with Gasteiger partial charge in [-0.25, -0.2) is 0 Å². The number of nitrogens with zero attached hydrogens (tertiary/aromatic N) is 7. The standard InChI is InChI=1S/C20H24N8O2/c1-13-9-14(25-30-13)11-27-7-3-5-15(27)12-26(2)18-10-17(21)28-20(22-18)23-19(24-28)16-6-4-8-29-16/h4,6,8-10,15H,3,5,7,11-12,21H2,1-2H3. The number of furan rings is 1. The van der Waals surface area contributed by atoms with Crippen LogP contribution in [0.2, 0.25) is 0 Å². The van der Waals surface area contributed by atoms with Crippen molar-refractivity contribution < 1.29 is 8.94 Å². The zero-order chi connectivity index (χ0) is 20.7. The van der Waals surface area contributed by atoms with Gasteiger partial charge in [-0.2, -0.15) is 14.5 Å². The van der Waals surface area contributed by atoms with E-state index in [9.17, 15) is 0 Å². The van der Waals surface area contributed by atoms with E-state index in [0.29, 0.717) is 29.2 Å². The molecule has 0 aliphatic carbocycles. The van der Waals surface area contributed by atoms with Gasteiger partial charge in [0, 0.05) is 38.3 Å². The summed E-state index contributed by atoms with van der Waals surface area (Å²) in [5, 5.41) is 8.54. The number of rotatable bonds is 6. The normalized spacial score (nSPS) is 17.2. The molecule has 2 N–H and O–H groups in total. The second-order valence-corrected chi connectivity index (χ2v) is 7.74. The summed E-state index contributed by atoms with van der Waals surface area (Å²) in [4.78, 5) is 13.7. The van der Waals surface area contributed by atoms with Crippen LogP contribution in [0, 0.1) is 6.92 Å². The molecule has 5 heterocycles. The second-order valence-electron chi connectivity index (χ2n) is 7.74. The number of aromatic nitrogens is 5. The Morgan fingerprint density at radius 2 is 2.20 bits per heavy atom. The molecule has 4 aromatic heterocycles. The molecular formula is C20H24N8O2. The van der Waals surface area contributed by atoms with Crippen LogP contribution in [-0.2, 0) is 6.54 Å². The first-order chi connectivity index (χ1) is 14.6. The molecule has 0 amide bonds. The molecular weight excluding hydrogens is 384 g/mol. The summed E-state index contributed by atoms with van der Waals surface area (Å²) in [5.41, 5.74) is 7.21. The topological polar surface area (TPSA) is 115 Å². The molecule has 0 saturated carbocycles. The Morgan fingerprint density at radius 1 is 1.30 bits per heavy atom. The molecule has 4 aromatic rings. The van der Waals surface area contributed by atoms with Gasteiger partial charge in [0.05, 0.1) is 12.0 Å². The van der Waals surface area contributed by atoms with E-state index in [-0.39, 0.29) is 0 Å². The van der Waals surface area contributed by atoms with Crippen molar-refractivity contribution in [3.05, 3.63) is 42.0 Å². The predicted octanol–water partition coefficient (Wildman–Crippen LogP) is 2.36. The molecule has 1 aliphatic rings. The van der Waals surface area contributed by atoms with Crippen LogP contribution in [-0.4, -0.2) is 55.8 Å². The SMILES string of the molecule is Cc1cc(CN2CCCC2CN(C)c2cc(N)n3nc(-c4ccco4)nc3n2)no1. The maximum atomic E-state index is 6.24. The van der Waals surface area contributed by atoms with Gasteiger partial charge in [0.15, 0.2) is 5.76 Å². The third-order valence-electron chi connectivity index (χ3n) is 5.48. The van der Waals surface area contributed by atoms with Crippen LogP contribution in [0.1, 0.15) is 24.3 Å². The first kappa shape index (κ1) is 18.6. The number of fused-ring (bicyclic) bond motifs is 1. The van der Waals surface area contributed by atoms with E-state index in [2.05, 4.69) is 30.0 Å². The van der Waals surface area contributed by atoms with Gasteiger partial charge in [-0.3, -0.25) is 4.90 Å². The Hall–Kier alpha value is -3.40. The third-order valence-corrected chi connectivity index (χ3v) is 5.48. The number of anilines is 2. The number of likely N-dealkylation sites (tertiary alicyclic amines) is 1. The van der Waals surface area contributed by atoms with Crippen molar-refractivity contribution in [3.63, 3.8) is 0 Å². The lowest BCUT2D eigenvalue weighted by molar-refractivity contribution is 0.240. The lowest BCUT2D eigenvalue weighted by Gasteiger charge is -2.28. The molecule has 0 spiro atoms. The maximum Gasteiger partial charge on any atom is 0.256 e. The van der Waals surface area contributed by atoms with Crippen molar-refractivity contribution in [2.75, 3.05) is 30.8 Å². The zero-order valence-electron chi connectivity index (χ0n) is 17.0. The highest BCUT2D eigenvalue weighted by Gasteiger charge is 2.27. The van der Waals surface area contributed by atoms with E-state index in [1.807, 2.05) is 32.2 Å². The predicted molar refractivity (Wildman–Crippen MR) is 111 cm³/mol. The second kappa shape index (κ2) is 7.45. The van der Waals surface area contributed by atoms with Gasteiger partial charge in [0.25, 0.3) is 5.78 Å². The summed E-state index contributed by atoms with van der Waals surface area (Å²) < 4.78 is 12.1. The maximum absolute atomic E-state index is 6.24. The fourth-order valence-corrected chi connectivity index (χ4v) is 4.00. The van der Waals surface area contributed by atoms with Crippen molar-refractivity contribution in [2.24, 2.45) is 0 Å². The summed E-state index contributed by atoms with van der Waals surface area (Å²) in [6.45, 7) is 4.59. The van der Waals surface area contributed by atoms with Gasteiger partial charge in [-0.1, -0.05) is 5.16 Å². The Labute approximate surface area is 173 Å². The minimum absolute atomic E-state index is 0.405. The molecule has 1 saturated heterocycles. The Kier molecular flexibility index (Phi) is 4.62. The molecule has 156 valence electrons. The molecule has 0 aromatic carbocycles. The van der Waals surface area contributed by atoms with Gasteiger partial charge in [-0.05, 0) is 38.4 Å². The van der Waals surface area contributed by atoms with Crippen LogP contribution in [0.25, 0.3) is 17.4 Å². The van der Waals surface area contributed by atoms with E-state index < -0.39 is 0 Å². The molecule has 1 unspecified atom stereocenters. The number of likely N-dealkylation sites (N-methyl/N-ethyl adjacent to an activating group) is 1.